The number of carbonyl (C=O) groups is 1. The van der Waals surface area contributed by atoms with Crippen LogP contribution in [0.15, 0.2) is 22.2 Å². The average molecular weight is 423 g/mol. The van der Waals surface area contributed by atoms with Gasteiger partial charge < -0.3 is 14.5 Å². The number of hydrogen-bond acceptors (Lipinski definition) is 8. The number of carbonyl (C=O) groups excluding carboxylic acids is 1. The molecule has 0 atom stereocenters. The maximum absolute atomic E-state index is 12.9. The Hall–Kier alpha value is -2.69. The Bertz CT molecular complexity index is 1110. The van der Waals surface area contributed by atoms with Gasteiger partial charge in [-0.25, -0.2) is 18.2 Å². The van der Waals surface area contributed by atoms with Gasteiger partial charge in [0.25, 0.3) is 5.56 Å². The van der Waals surface area contributed by atoms with Gasteiger partial charge in [-0.05, 0) is 26.8 Å². The Labute approximate surface area is 169 Å². The standard InChI is InChI=1S/C18H25N5O5S/c1-18(2,3)28-17(25)23-8-6-22(7-9-23)13-10-12-11-19-16(29(5,26)27)20-14(12)21(4)15(13)24/h10-11H,6-9H2,1-5H3. The minimum Gasteiger partial charge on any atom is -0.444 e. The van der Waals surface area contributed by atoms with Gasteiger partial charge in [-0.1, -0.05) is 0 Å². The van der Waals surface area contributed by atoms with Gasteiger partial charge in [0.05, 0.1) is 0 Å². The molecule has 2 aromatic rings. The smallest absolute Gasteiger partial charge is 0.410 e. The molecule has 0 aromatic carbocycles. The monoisotopic (exact) mass is 423 g/mol. The highest BCUT2D eigenvalue weighted by atomic mass is 32.2. The third kappa shape index (κ3) is 4.50. The van der Waals surface area contributed by atoms with Crippen LogP contribution in [0.4, 0.5) is 10.5 Å². The molecule has 158 valence electrons. The highest BCUT2D eigenvalue weighted by Gasteiger charge is 2.27. The molecule has 0 aliphatic carbocycles. The van der Waals surface area contributed by atoms with E-state index in [1.807, 2.05) is 25.7 Å². The molecule has 11 heteroatoms. The zero-order chi connectivity index (χ0) is 21.6. The molecular weight excluding hydrogens is 398 g/mol. The van der Waals surface area contributed by atoms with Gasteiger partial charge in [-0.2, -0.15) is 4.98 Å². The molecule has 0 bridgehead atoms. The van der Waals surface area contributed by atoms with Crippen LogP contribution < -0.4 is 10.5 Å². The molecule has 3 rings (SSSR count). The normalized spacial score (nSPS) is 15.6. The van der Waals surface area contributed by atoms with Crippen molar-refractivity contribution in [1.82, 2.24) is 19.4 Å². The van der Waals surface area contributed by atoms with Gasteiger partial charge >= 0.3 is 6.09 Å². The van der Waals surface area contributed by atoms with Crippen molar-refractivity contribution in [1.29, 1.82) is 0 Å². The fourth-order valence-electron chi connectivity index (χ4n) is 3.08. The molecule has 0 unspecified atom stereocenters. The van der Waals surface area contributed by atoms with Crippen molar-refractivity contribution in [2.75, 3.05) is 37.3 Å². The molecule has 2 aromatic heterocycles. The first-order valence-corrected chi connectivity index (χ1v) is 11.1. The maximum atomic E-state index is 12.9. The van der Waals surface area contributed by atoms with Gasteiger partial charge in [0.15, 0.2) is 0 Å². The highest BCUT2D eigenvalue weighted by Crippen LogP contribution is 2.19. The molecule has 0 saturated carbocycles. The number of rotatable bonds is 2. The van der Waals surface area contributed by atoms with Gasteiger partial charge in [-0.3, -0.25) is 9.36 Å². The summed E-state index contributed by atoms with van der Waals surface area (Å²) in [5.74, 6) is 0. The molecule has 1 fully saturated rings. The van der Waals surface area contributed by atoms with Crippen LogP contribution in [0.3, 0.4) is 0 Å². The molecule has 1 saturated heterocycles. The molecule has 1 aliphatic rings. The SMILES string of the molecule is Cn1c(=O)c(N2CCN(C(=O)OC(C)(C)C)CC2)cc2cnc(S(C)(=O)=O)nc21. The summed E-state index contributed by atoms with van der Waals surface area (Å²) in [6.07, 6.45) is 2.05. The molecular formula is C18H25N5O5S. The van der Waals surface area contributed by atoms with E-state index >= 15 is 0 Å². The van der Waals surface area contributed by atoms with Gasteiger partial charge in [-0.15, -0.1) is 0 Å². The van der Waals surface area contributed by atoms with E-state index in [2.05, 4.69) is 9.97 Å². The molecule has 10 nitrogen and oxygen atoms in total. The summed E-state index contributed by atoms with van der Waals surface area (Å²) >= 11 is 0. The van der Waals surface area contributed by atoms with E-state index in [-0.39, 0.29) is 22.5 Å². The zero-order valence-corrected chi connectivity index (χ0v) is 18.0. The maximum Gasteiger partial charge on any atom is 0.410 e. The molecule has 3 heterocycles. The van der Waals surface area contributed by atoms with E-state index in [9.17, 15) is 18.0 Å². The van der Waals surface area contributed by atoms with Crippen molar-refractivity contribution in [3.05, 3.63) is 22.6 Å². The lowest BCUT2D eigenvalue weighted by atomic mass is 10.2. The lowest BCUT2D eigenvalue weighted by Crippen LogP contribution is -2.51. The first-order chi connectivity index (χ1) is 13.4. The Balaban J connectivity index is 1.85. The minimum atomic E-state index is -3.58. The van der Waals surface area contributed by atoms with Gasteiger partial charge in [0.1, 0.15) is 16.9 Å². The predicted molar refractivity (Wildman–Crippen MR) is 108 cm³/mol. The molecule has 0 radical (unpaired) electrons. The van der Waals surface area contributed by atoms with Crippen LogP contribution >= 0.6 is 0 Å². The van der Waals surface area contributed by atoms with Crippen molar-refractivity contribution in [3.8, 4) is 0 Å². The van der Waals surface area contributed by atoms with Crippen LogP contribution in [0.5, 0.6) is 0 Å². The van der Waals surface area contributed by atoms with E-state index in [4.69, 9.17) is 4.74 Å². The molecule has 1 amide bonds. The Morgan fingerprint density at radius 1 is 1.17 bits per heavy atom. The second-order valence-corrected chi connectivity index (χ2v) is 9.96. The summed E-state index contributed by atoms with van der Waals surface area (Å²) in [6, 6.07) is 1.66. The number of sulfone groups is 1. The van der Waals surface area contributed by atoms with Crippen molar-refractivity contribution in [2.24, 2.45) is 7.05 Å². The van der Waals surface area contributed by atoms with E-state index in [1.54, 1.807) is 18.0 Å². The van der Waals surface area contributed by atoms with Gasteiger partial charge in [0.2, 0.25) is 15.0 Å². The zero-order valence-electron chi connectivity index (χ0n) is 17.2. The second kappa shape index (κ2) is 7.29. The first-order valence-electron chi connectivity index (χ1n) is 9.16. The largest absolute Gasteiger partial charge is 0.444 e. The van der Waals surface area contributed by atoms with Crippen LogP contribution in [0.25, 0.3) is 11.0 Å². The third-order valence-electron chi connectivity index (χ3n) is 4.51. The number of ether oxygens (including phenoxy) is 1. The lowest BCUT2D eigenvalue weighted by Gasteiger charge is -2.36. The highest BCUT2D eigenvalue weighted by molar-refractivity contribution is 7.90. The van der Waals surface area contributed by atoms with Gasteiger partial charge in [0, 0.05) is 51.1 Å². The fourth-order valence-corrected chi connectivity index (χ4v) is 3.57. The fraction of sp³-hybridized carbons (Fsp3) is 0.556. The number of aromatic nitrogens is 3. The van der Waals surface area contributed by atoms with E-state index < -0.39 is 15.4 Å². The molecule has 29 heavy (non-hydrogen) atoms. The van der Waals surface area contributed by atoms with Crippen LogP contribution in [-0.2, 0) is 21.6 Å². The number of hydrogen-bond donors (Lipinski definition) is 0. The van der Waals surface area contributed by atoms with Crippen molar-refractivity contribution < 1.29 is 17.9 Å². The van der Waals surface area contributed by atoms with Crippen LogP contribution in [0.2, 0.25) is 0 Å². The first kappa shape index (κ1) is 21.0. The summed E-state index contributed by atoms with van der Waals surface area (Å²) in [6.45, 7) is 7.26. The average Bonchev–Trinajstić information content (AvgIpc) is 2.62. The Morgan fingerprint density at radius 2 is 1.79 bits per heavy atom. The third-order valence-corrected chi connectivity index (χ3v) is 5.37. The van der Waals surface area contributed by atoms with Crippen molar-refractivity contribution in [3.63, 3.8) is 0 Å². The van der Waals surface area contributed by atoms with Crippen molar-refractivity contribution in [2.45, 2.75) is 31.5 Å². The van der Waals surface area contributed by atoms with Crippen LogP contribution in [0.1, 0.15) is 20.8 Å². The summed E-state index contributed by atoms with van der Waals surface area (Å²) in [7, 11) is -2.03. The van der Waals surface area contributed by atoms with E-state index in [1.165, 1.54) is 10.8 Å². The number of piperazine rings is 1. The van der Waals surface area contributed by atoms with Crippen LogP contribution in [0, 0.1) is 0 Å². The number of nitrogens with zero attached hydrogens (tertiary/aromatic N) is 5. The van der Waals surface area contributed by atoms with Crippen LogP contribution in [-0.4, -0.2) is 72.0 Å². The summed E-state index contributed by atoms with van der Waals surface area (Å²) < 4.78 is 30.1. The minimum absolute atomic E-state index is 0.251. The number of aryl methyl sites for hydroxylation is 1. The Kier molecular flexibility index (Phi) is 5.28. The number of amides is 1. The summed E-state index contributed by atoms with van der Waals surface area (Å²) in [4.78, 5) is 36.5. The Morgan fingerprint density at radius 3 is 2.34 bits per heavy atom. The topological polar surface area (TPSA) is 115 Å². The number of fused-ring (bicyclic) bond motifs is 1. The molecule has 1 aliphatic heterocycles. The quantitative estimate of drug-likeness (QED) is 0.651. The van der Waals surface area contributed by atoms with E-state index in [0.717, 1.165) is 6.26 Å². The predicted octanol–water partition coefficient (Wildman–Crippen LogP) is 0.789. The second-order valence-electron chi connectivity index (χ2n) is 8.05. The van der Waals surface area contributed by atoms with E-state index in [0.29, 0.717) is 37.3 Å². The number of anilines is 1. The van der Waals surface area contributed by atoms with Crippen molar-refractivity contribution >= 4 is 32.7 Å². The summed E-state index contributed by atoms with van der Waals surface area (Å²) in [5.41, 5.74) is -0.143. The summed E-state index contributed by atoms with van der Waals surface area (Å²) in [5, 5.41) is 0.239. The lowest BCUT2D eigenvalue weighted by molar-refractivity contribution is 0.0240. The molecule has 0 spiro atoms. The molecule has 0 N–H and O–H groups in total. The number of pyridine rings is 1.